The maximum Gasteiger partial charge on any atom is 0.120 e. The van der Waals surface area contributed by atoms with E-state index in [9.17, 15) is 0 Å². The molecule has 0 spiro atoms. The quantitative estimate of drug-likeness (QED) is 0.549. The average molecular weight is 385 g/mol. The summed E-state index contributed by atoms with van der Waals surface area (Å²) in [5.74, 6) is 1.00. The van der Waals surface area contributed by atoms with Crippen LogP contribution in [0.15, 0.2) is 53.4 Å². The van der Waals surface area contributed by atoms with E-state index >= 15 is 0 Å². The molecule has 2 aromatic heterocycles. The van der Waals surface area contributed by atoms with Gasteiger partial charge in [0.15, 0.2) is 0 Å². The van der Waals surface area contributed by atoms with Crippen molar-refractivity contribution in [3.8, 4) is 5.75 Å². The molecule has 1 aliphatic rings. The maximum atomic E-state index is 6.14. The highest BCUT2D eigenvalue weighted by molar-refractivity contribution is 7.10. The van der Waals surface area contributed by atoms with Crippen molar-refractivity contribution >= 4 is 22.7 Å². The van der Waals surface area contributed by atoms with Gasteiger partial charge in [-0.05, 0) is 54.8 Å². The number of thiazole rings is 1. The topological polar surface area (TPSA) is 34.2 Å². The summed E-state index contributed by atoms with van der Waals surface area (Å²) in [6.45, 7) is 0.817. The van der Waals surface area contributed by atoms with E-state index in [-0.39, 0.29) is 6.04 Å². The van der Waals surface area contributed by atoms with Gasteiger partial charge in [0.1, 0.15) is 10.8 Å². The normalized spacial score (nSPS) is 16.0. The SMILES string of the molecule is c1cc(CN[C@@H](Cc2cccs2)c2nccs2)cc(OC2CCCC2)c1. The van der Waals surface area contributed by atoms with Crippen molar-refractivity contribution in [2.45, 2.75) is 50.8 Å². The monoisotopic (exact) mass is 384 g/mol. The molecule has 1 N–H and O–H groups in total. The number of thiophene rings is 1. The van der Waals surface area contributed by atoms with E-state index in [0.29, 0.717) is 6.10 Å². The summed E-state index contributed by atoms with van der Waals surface area (Å²) in [4.78, 5) is 5.92. The van der Waals surface area contributed by atoms with Crippen LogP contribution in [0.3, 0.4) is 0 Å². The second-order valence-corrected chi connectivity index (χ2v) is 8.72. The maximum absolute atomic E-state index is 6.14. The van der Waals surface area contributed by atoms with Crippen LogP contribution >= 0.6 is 22.7 Å². The summed E-state index contributed by atoms with van der Waals surface area (Å²) in [5.41, 5.74) is 1.26. The molecule has 0 unspecified atom stereocenters. The number of aromatic nitrogens is 1. The molecule has 3 aromatic rings. The third kappa shape index (κ3) is 4.72. The van der Waals surface area contributed by atoms with Gasteiger partial charge in [-0.25, -0.2) is 4.98 Å². The first-order valence-corrected chi connectivity index (χ1v) is 11.0. The van der Waals surface area contributed by atoms with Crippen LogP contribution in [0.5, 0.6) is 5.75 Å². The molecule has 26 heavy (non-hydrogen) atoms. The van der Waals surface area contributed by atoms with Gasteiger partial charge in [-0.1, -0.05) is 18.2 Å². The largest absolute Gasteiger partial charge is 0.490 e. The van der Waals surface area contributed by atoms with E-state index in [1.54, 1.807) is 11.3 Å². The summed E-state index contributed by atoms with van der Waals surface area (Å²) in [6.07, 6.45) is 8.24. The third-order valence-electron chi connectivity index (χ3n) is 4.79. The third-order valence-corrected chi connectivity index (χ3v) is 6.58. The van der Waals surface area contributed by atoms with Gasteiger partial charge in [0.2, 0.25) is 0 Å². The van der Waals surface area contributed by atoms with Crippen molar-refractivity contribution in [1.82, 2.24) is 10.3 Å². The highest BCUT2D eigenvalue weighted by Crippen LogP contribution is 2.26. The summed E-state index contributed by atoms with van der Waals surface area (Å²) < 4.78 is 6.14. The molecule has 1 fully saturated rings. The van der Waals surface area contributed by atoms with Crippen LogP contribution in [0.2, 0.25) is 0 Å². The Labute approximate surface area is 163 Å². The molecule has 0 radical (unpaired) electrons. The highest BCUT2D eigenvalue weighted by Gasteiger charge is 2.17. The second-order valence-electron chi connectivity index (χ2n) is 6.76. The first-order chi connectivity index (χ1) is 12.9. The lowest BCUT2D eigenvalue weighted by molar-refractivity contribution is 0.210. The fraction of sp³-hybridized carbons (Fsp3) is 0.381. The minimum Gasteiger partial charge on any atom is -0.490 e. The van der Waals surface area contributed by atoms with Crippen LogP contribution in [0, 0.1) is 0 Å². The van der Waals surface area contributed by atoms with Gasteiger partial charge >= 0.3 is 0 Å². The van der Waals surface area contributed by atoms with Crippen LogP contribution < -0.4 is 10.1 Å². The molecule has 1 saturated carbocycles. The summed E-state index contributed by atoms with van der Waals surface area (Å²) in [5, 5.41) is 9.03. The summed E-state index contributed by atoms with van der Waals surface area (Å²) in [6, 6.07) is 13.1. The molecule has 0 bridgehead atoms. The number of hydrogen-bond acceptors (Lipinski definition) is 5. The second kappa shape index (κ2) is 8.80. The van der Waals surface area contributed by atoms with E-state index in [1.165, 1.54) is 36.1 Å². The number of ether oxygens (including phenoxy) is 1. The molecule has 136 valence electrons. The molecule has 5 heteroatoms. The van der Waals surface area contributed by atoms with Crippen LogP contribution in [-0.2, 0) is 13.0 Å². The molecule has 1 aliphatic carbocycles. The summed E-state index contributed by atoms with van der Waals surface area (Å²) >= 11 is 3.53. The van der Waals surface area contributed by atoms with Gasteiger partial charge in [0, 0.05) is 29.4 Å². The molecule has 2 heterocycles. The Morgan fingerprint density at radius 3 is 2.81 bits per heavy atom. The molecule has 0 aliphatic heterocycles. The zero-order valence-electron chi connectivity index (χ0n) is 14.8. The Hall–Kier alpha value is -1.69. The molecular formula is C21H24N2OS2. The van der Waals surface area contributed by atoms with Gasteiger partial charge < -0.3 is 10.1 Å². The van der Waals surface area contributed by atoms with Crippen molar-refractivity contribution in [3.63, 3.8) is 0 Å². The van der Waals surface area contributed by atoms with Gasteiger partial charge in [0.25, 0.3) is 0 Å². The van der Waals surface area contributed by atoms with Gasteiger partial charge in [0.05, 0.1) is 12.1 Å². The first kappa shape index (κ1) is 17.7. The molecule has 3 nitrogen and oxygen atoms in total. The zero-order valence-corrected chi connectivity index (χ0v) is 16.4. The van der Waals surface area contributed by atoms with E-state index in [1.807, 2.05) is 17.5 Å². The van der Waals surface area contributed by atoms with Crippen molar-refractivity contribution < 1.29 is 4.74 Å². The Kier molecular flexibility index (Phi) is 5.99. The average Bonchev–Trinajstić information content (AvgIpc) is 3.41. The number of nitrogens with zero attached hydrogens (tertiary/aromatic N) is 1. The van der Waals surface area contributed by atoms with E-state index in [0.717, 1.165) is 23.7 Å². The first-order valence-electron chi connectivity index (χ1n) is 9.27. The minimum absolute atomic E-state index is 0.244. The van der Waals surface area contributed by atoms with Crippen molar-refractivity contribution in [3.05, 3.63) is 68.8 Å². The lowest BCUT2D eigenvalue weighted by atomic mass is 10.1. The molecule has 0 saturated heterocycles. The number of rotatable bonds is 8. The lowest BCUT2D eigenvalue weighted by Crippen LogP contribution is -2.22. The number of hydrogen-bond donors (Lipinski definition) is 1. The predicted octanol–water partition coefficient (Wildman–Crippen LogP) is 5.60. The van der Waals surface area contributed by atoms with Crippen molar-refractivity contribution in [2.24, 2.45) is 0 Å². The Morgan fingerprint density at radius 2 is 2.04 bits per heavy atom. The molecule has 4 rings (SSSR count). The lowest BCUT2D eigenvalue weighted by Gasteiger charge is -2.17. The predicted molar refractivity (Wildman–Crippen MR) is 109 cm³/mol. The fourth-order valence-corrected chi connectivity index (χ4v) is 4.92. The minimum atomic E-state index is 0.244. The van der Waals surface area contributed by atoms with Gasteiger partial charge in [-0.3, -0.25) is 0 Å². The highest BCUT2D eigenvalue weighted by atomic mass is 32.1. The Balaban J connectivity index is 1.40. The molecule has 1 atom stereocenters. The smallest absolute Gasteiger partial charge is 0.120 e. The molecule has 0 amide bonds. The van der Waals surface area contributed by atoms with Crippen molar-refractivity contribution in [2.75, 3.05) is 0 Å². The Morgan fingerprint density at radius 1 is 1.12 bits per heavy atom. The van der Waals surface area contributed by atoms with Gasteiger partial charge in [-0.15, -0.1) is 22.7 Å². The van der Waals surface area contributed by atoms with E-state index < -0.39 is 0 Å². The van der Waals surface area contributed by atoms with Crippen molar-refractivity contribution in [1.29, 1.82) is 0 Å². The number of benzene rings is 1. The van der Waals surface area contributed by atoms with Crippen LogP contribution in [-0.4, -0.2) is 11.1 Å². The summed E-state index contributed by atoms with van der Waals surface area (Å²) in [7, 11) is 0. The van der Waals surface area contributed by atoms with Crippen LogP contribution in [0.1, 0.15) is 47.2 Å². The van der Waals surface area contributed by atoms with E-state index in [4.69, 9.17) is 4.74 Å². The van der Waals surface area contributed by atoms with Crippen LogP contribution in [0.25, 0.3) is 0 Å². The van der Waals surface area contributed by atoms with Gasteiger partial charge in [-0.2, -0.15) is 0 Å². The molecule has 1 aromatic carbocycles. The Bertz CT molecular complexity index is 780. The van der Waals surface area contributed by atoms with E-state index in [2.05, 4.69) is 57.5 Å². The molecular weight excluding hydrogens is 360 g/mol. The standard InChI is InChI=1S/C21H24N2OS2/c1-2-7-17(6-1)24-18-8-3-5-16(13-18)15-23-20(21-22-10-12-26-21)14-19-9-4-11-25-19/h3-5,8-13,17,20,23H,1-2,6-7,14-15H2/t20-/m0/s1. The zero-order chi connectivity index (χ0) is 17.6. The van der Waals surface area contributed by atoms with Crippen LogP contribution in [0.4, 0.5) is 0 Å². The fourth-order valence-electron chi connectivity index (χ4n) is 3.45. The number of nitrogens with one attached hydrogen (secondary N) is 1.